The lowest BCUT2D eigenvalue weighted by atomic mass is 9.44. The van der Waals surface area contributed by atoms with Crippen LogP contribution in [0.1, 0.15) is 116 Å². The zero-order chi connectivity index (χ0) is 27.3. The van der Waals surface area contributed by atoms with Gasteiger partial charge in [-0.2, -0.15) is 5.21 Å². The number of nitrogens with zero attached hydrogens (tertiary/aromatic N) is 3. The Morgan fingerprint density at radius 1 is 0.923 bits per heavy atom. The molecule has 1 heterocycles. The Labute approximate surface area is 238 Å². The van der Waals surface area contributed by atoms with E-state index in [0.29, 0.717) is 10.8 Å². The lowest BCUT2D eigenvalue weighted by molar-refractivity contribution is -0.118. The molecule has 0 spiro atoms. The average molecular weight is 542 g/mol. The van der Waals surface area contributed by atoms with E-state index in [-0.39, 0.29) is 0 Å². The Hall–Kier alpha value is -1.05. The van der Waals surface area contributed by atoms with E-state index in [1.54, 1.807) is 0 Å². The van der Waals surface area contributed by atoms with Crippen molar-refractivity contribution in [1.82, 2.24) is 31.3 Å². The fraction of sp³-hybridized carbons (Fsp3) is 0.969. The van der Waals surface area contributed by atoms with Gasteiger partial charge < -0.3 is 16.4 Å². The molecule has 4 saturated carbocycles. The van der Waals surface area contributed by atoms with Crippen molar-refractivity contribution in [2.45, 2.75) is 123 Å². The predicted octanol–water partition coefficient (Wildman–Crippen LogP) is 5.49. The van der Waals surface area contributed by atoms with E-state index in [1.165, 1.54) is 90.0 Å². The topological polar surface area (TPSA) is 105 Å². The second-order valence-corrected chi connectivity index (χ2v) is 14.6. The first-order valence-corrected chi connectivity index (χ1v) is 16.8. The lowest BCUT2D eigenvalue weighted by Crippen LogP contribution is -2.55. The van der Waals surface area contributed by atoms with Crippen molar-refractivity contribution in [2.75, 3.05) is 26.2 Å². The first kappa shape index (κ1) is 29.4. The number of H-pyrrole nitrogens is 1. The molecule has 0 aliphatic heterocycles. The van der Waals surface area contributed by atoms with Crippen molar-refractivity contribution in [2.24, 2.45) is 52.1 Å². The van der Waals surface area contributed by atoms with Crippen LogP contribution in [0.3, 0.4) is 0 Å². The van der Waals surface area contributed by atoms with Gasteiger partial charge in [-0.1, -0.05) is 26.0 Å². The summed E-state index contributed by atoms with van der Waals surface area (Å²) in [5, 5.41) is 22.2. The highest BCUT2D eigenvalue weighted by Gasteiger charge is 2.60. The van der Waals surface area contributed by atoms with E-state index < -0.39 is 0 Å². The number of aromatic amines is 1. The molecule has 4 aliphatic carbocycles. The van der Waals surface area contributed by atoms with E-state index in [9.17, 15) is 0 Å². The monoisotopic (exact) mass is 541 g/mol. The molecule has 9 atom stereocenters. The van der Waals surface area contributed by atoms with E-state index in [4.69, 9.17) is 5.73 Å². The van der Waals surface area contributed by atoms with Crippen LogP contribution in [-0.4, -0.2) is 52.8 Å². The van der Waals surface area contributed by atoms with Crippen molar-refractivity contribution in [1.29, 1.82) is 0 Å². The van der Waals surface area contributed by atoms with Crippen molar-refractivity contribution >= 4 is 0 Å². The van der Waals surface area contributed by atoms with Gasteiger partial charge in [-0.05, 0) is 162 Å². The van der Waals surface area contributed by atoms with Gasteiger partial charge in [-0.3, -0.25) is 0 Å². The Bertz CT molecular complexity index is 861. The molecule has 0 radical (unpaired) electrons. The Morgan fingerprint density at radius 2 is 1.74 bits per heavy atom. The van der Waals surface area contributed by atoms with E-state index >= 15 is 0 Å². The molecule has 5 rings (SSSR count). The number of unbranched alkanes of at least 4 members (excludes halogenated alkanes) is 1. The van der Waals surface area contributed by atoms with Gasteiger partial charge in [0.25, 0.3) is 0 Å². The van der Waals surface area contributed by atoms with Crippen LogP contribution in [0.25, 0.3) is 0 Å². The minimum atomic E-state index is 0.563. The molecular weight excluding hydrogens is 482 g/mol. The number of nitrogens with one attached hydrogen (secondary N) is 3. The van der Waals surface area contributed by atoms with Crippen molar-refractivity contribution in [3.05, 3.63) is 5.82 Å². The molecule has 0 bridgehead atoms. The molecular formula is C32H59N7. The minimum absolute atomic E-state index is 0.563. The third kappa shape index (κ3) is 6.40. The normalized spacial score (nSPS) is 38.7. The van der Waals surface area contributed by atoms with E-state index in [2.05, 4.69) is 52.0 Å². The summed E-state index contributed by atoms with van der Waals surface area (Å²) in [5.74, 6) is 6.43. The van der Waals surface area contributed by atoms with Crippen LogP contribution in [0.2, 0.25) is 0 Å². The van der Waals surface area contributed by atoms with Crippen LogP contribution in [-0.2, 0) is 6.42 Å². The summed E-state index contributed by atoms with van der Waals surface area (Å²) >= 11 is 0. The van der Waals surface area contributed by atoms with Gasteiger partial charge in [-0.15, -0.1) is 10.2 Å². The molecule has 7 heteroatoms. The summed E-state index contributed by atoms with van der Waals surface area (Å²) in [6.45, 7) is 12.2. The highest BCUT2D eigenvalue weighted by molar-refractivity contribution is 5.10. The largest absolute Gasteiger partial charge is 0.330 e. The number of tetrazole rings is 1. The van der Waals surface area contributed by atoms with Gasteiger partial charge in [0.15, 0.2) is 5.82 Å². The number of fused-ring (bicyclic) bond motifs is 5. The molecule has 1 aromatic rings. The summed E-state index contributed by atoms with van der Waals surface area (Å²) in [7, 11) is 0. The number of hydrogen-bond acceptors (Lipinski definition) is 6. The Balaban J connectivity index is 1.09. The Morgan fingerprint density at radius 3 is 2.56 bits per heavy atom. The molecule has 4 aliphatic rings. The van der Waals surface area contributed by atoms with Crippen LogP contribution >= 0.6 is 0 Å². The predicted molar refractivity (Wildman–Crippen MR) is 159 cm³/mol. The molecule has 39 heavy (non-hydrogen) atoms. The molecule has 0 saturated heterocycles. The molecule has 0 aromatic carbocycles. The number of aryl methyl sites for hydroxylation is 1. The summed E-state index contributed by atoms with van der Waals surface area (Å²) in [6.07, 6.45) is 20.2. The molecule has 3 unspecified atom stereocenters. The number of hydrogen-bond donors (Lipinski definition) is 4. The van der Waals surface area contributed by atoms with Gasteiger partial charge in [0.1, 0.15) is 0 Å². The highest BCUT2D eigenvalue weighted by atomic mass is 15.5. The van der Waals surface area contributed by atoms with Crippen LogP contribution in [0, 0.1) is 46.3 Å². The second kappa shape index (κ2) is 13.3. The summed E-state index contributed by atoms with van der Waals surface area (Å²) in [6, 6.07) is 0.745. The molecule has 0 amide bonds. The zero-order valence-corrected chi connectivity index (χ0v) is 25.4. The van der Waals surface area contributed by atoms with Gasteiger partial charge >= 0.3 is 0 Å². The van der Waals surface area contributed by atoms with E-state index in [1.807, 2.05) is 0 Å². The zero-order valence-electron chi connectivity index (χ0n) is 25.4. The fourth-order valence-corrected chi connectivity index (χ4v) is 10.5. The summed E-state index contributed by atoms with van der Waals surface area (Å²) < 4.78 is 0. The average Bonchev–Trinajstić information content (AvgIpc) is 3.57. The number of aromatic nitrogens is 4. The van der Waals surface area contributed by atoms with Crippen LogP contribution in [0.4, 0.5) is 0 Å². The molecule has 222 valence electrons. The van der Waals surface area contributed by atoms with Crippen molar-refractivity contribution < 1.29 is 0 Å². The third-order valence-corrected chi connectivity index (χ3v) is 12.6. The van der Waals surface area contributed by atoms with Crippen LogP contribution in [0.15, 0.2) is 0 Å². The fourth-order valence-electron chi connectivity index (χ4n) is 10.5. The SMILES string of the molecule is C[C@H](CCCc1nn[nH]n1)[C@H]1CCC2C3CC[C@H]4C[C@@H](NCCCNCCCCN)CC[C@]4(C)C3CC[C@@]21C. The molecule has 5 N–H and O–H groups in total. The molecule has 4 fully saturated rings. The summed E-state index contributed by atoms with van der Waals surface area (Å²) in [4.78, 5) is 0. The van der Waals surface area contributed by atoms with Gasteiger partial charge in [0.2, 0.25) is 0 Å². The van der Waals surface area contributed by atoms with Gasteiger partial charge in [0, 0.05) is 12.5 Å². The van der Waals surface area contributed by atoms with Gasteiger partial charge in [-0.25, -0.2) is 0 Å². The van der Waals surface area contributed by atoms with Crippen LogP contribution in [0.5, 0.6) is 0 Å². The maximum atomic E-state index is 5.59. The summed E-state index contributed by atoms with van der Waals surface area (Å²) in [5.41, 5.74) is 6.74. The number of rotatable bonds is 14. The standard InChI is InChI=1S/C32H59N7/c1-23(8-6-9-30-36-38-39-37-30)27-12-13-28-26-11-10-24-22-25(35-21-7-20-34-19-5-4-18-33)14-16-31(24,2)29(26)15-17-32(27,28)3/h23-29,34-35H,4-22,33H2,1-3H3,(H,36,37,38,39)/t23-,24+,25+,26?,27-,28?,29?,31+,32-/m1/s1. The molecule has 1 aromatic heterocycles. The first-order chi connectivity index (χ1) is 19.0. The minimum Gasteiger partial charge on any atom is -0.330 e. The van der Waals surface area contributed by atoms with Crippen molar-refractivity contribution in [3.63, 3.8) is 0 Å². The quantitative estimate of drug-likeness (QED) is 0.232. The lowest BCUT2D eigenvalue weighted by Gasteiger charge is -2.61. The smallest absolute Gasteiger partial charge is 0.174 e. The first-order valence-electron chi connectivity index (χ1n) is 16.8. The Kier molecular flexibility index (Phi) is 10.0. The maximum absolute atomic E-state index is 5.59. The van der Waals surface area contributed by atoms with Crippen LogP contribution < -0.4 is 16.4 Å². The van der Waals surface area contributed by atoms with Gasteiger partial charge in [0.05, 0.1) is 0 Å². The molecule has 7 nitrogen and oxygen atoms in total. The highest BCUT2D eigenvalue weighted by Crippen LogP contribution is 2.68. The van der Waals surface area contributed by atoms with E-state index in [0.717, 1.165) is 79.8 Å². The van der Waals surface area contributed by atoms with Crippen molar-refractivity contribution in [3.8, 4) is 0 Å². The number of nitrogens with two attached hydrogens (primary N) is 1. The maximum Gasteiger partial charge on any atom is 0.174 e. The second-order valence-electron chi connectivity index (χ2n) is 14.6. The third-order valence-electron chi connectivity index (χ3n) is 12.6.